The van der Waals surface area contributed by atoms with E-state index in [0.29, 0.717) is 12.6 Å². The Labute approximate surface area is 112 Å². The molecule has 0 spiro atoms. The summed E-state index contributed by atoms with van der Waals surface area (Å²) in [5, 5.41) is 4.76. The van der Waals surface area contributed by atoms with Gasteiger partial charge in [-0.25, -0.2) is 0 Å². The molecule has 114 valence electrons. The molecule has 0 radical (unpaired) electrons. The molecule has 0 saturated carbocycles. The Morgan fingerprint density at radius 3 is 2.37 bits per heavy atom. The molecule has 0 aliphatic rings. The largest absolute Gasteiger partial charge is 0.405 e. The summed E-state index contributed by atoms with van der Waals surface area (Å²) >= 11 is 0. The second-order valence-corrected chi connectivity index (χ2v) is 4.75. The predicted molar refractivity (Wildman–Crippen MR) is 68.9 cm³/mol. The van der Waals surface area contributed by atoms with Gasteiger partial charge in [0.15, 0.2) is 0 Å². The number of carbonyl (C=O) groups is 1. The number of likely N-dealkylation sites (N-methyl/N-ethyl adjacent to an activating group) is 1. The van der Waals surface area contributed by atoms with Gasteiger partial charge >= 0.3 is 6.18 Å². The fourth-order valence-corrected chi connectivity index (χ4v) is 1.42. The molecule has 19 heavy (non-hydrogen) atoms. The summed E-state index contributed by atoms with van der Waals surface area (Å²) in [6.07, 6.45) is -3.34. The van der Waals surface area contributed by atoms with Crippen molar-refractivity contribution in [3.05, 3.63) is 0 Å². The number of alkyl halides is 3. The highest BCUT2D eigenvalue weighted by Gasteiger charge is 2.28. The monoisotopic (exact) mass is 283 g/mol. The SMILES string of the molecule is CCC(C)N(C)CCNC(C)C(=O)NCC(F)(F)F. The van der Waals surface area contributed by atoms with Crippen LogP contribution in [0.15, 0.2) is 0 Å². The predicted octanol–water partition coefficient (Wildman–Crippen LogP) is 1.37. The zero-order valence-corrected chi connectivity index (χ0v) is 12.0. The van der Waals surface area contributed by atoms with Crippen LogP contribution in [0.4, 0.5) is 13.2 Å². The summed E-state index contributed by atoms with van der Waals surface area (Å²) < 4.78 is 35.8. The number of hydrogen-bond acceptors (Lipinski definition) is 3. The third-order valence-corrected chi connectivity index (χ3v) is 3.11. The lowest BCUT2D eigenvalue weighted by Crippen LogP contribution is -2.47. The number of carbonyl (C=O) groups excluding carboxylic acids is 1. The number of nitrogens with zero attached hydrogens (tertiary/aromatic N) is 1. The van der Waals surface area contributed by atoms with E-state index in [9.17, 15) is 18.0 Å². The lowest BCUT2D eigenvalue weighted by molar-refractivity contribution is -0.139. The quantitative estimate of drug-likeness (QED) is 0.707. The van der Waals surface area contributed by atoms with Crippen molar-refractivity contribution in [1.82, 2.24) is 15.5 Å². The van der Waals surface area contributed by atoms with Gasteiger partial charge in [0.05, 0.1) is 6.04 Å². The molecule has 2 unspecified atom stereocenters. The van der Waals surface area contributed by atoms with Gasteiger partial charge in [0.25, 0.3) is 0 Å². The maximum absolute atomic E-state index is 11.9. The molecule has 0 rings (SSSR count). The maximum atomic E-state index is 11.9. The van der Waals surface area contributed by atoms with Crippen LogP contribution in [0.3, 0.4) is 0 Å². The maximum Gasteiger partial charge on any atom is 0.405 e. The van der Waals surface area contributed by atoms with E-state index in [1.165, 1.54) is 0 Å². The van der Waals surface area contributed by atoms with Gasteiger partial charge in [-0.3, -0.25) is 4.79 Å². The second-order valence-electron chi connectivity index (χ2n) is 4.75. The lowest BCUT2D eigenvalue weighted by Gasteiger charge is -2.24. The molecule has 0 saturated heterocycles. The first-order valence-corrected chi connectivity index (χ1v) is 6.45. The third kappa shape index (κ3) is 8.83. The van der Waals surface area contributed by atoms with Crippen LogP contribution >= 0.6 is 0 Å². The molecule has 0 fully saturated rings. The van der Waals surface area contributed by atoms with Crippen molar-refractivity contribution in [1.29, 1.82) is 0 Å². The van der Waals surface area contributed by atoms with Crippen LogP contribution in [-0.2, 0) is 4.79 Å². The van der Waals surface area contributed by atoms with Gasteiger partial charge in [-0.1, -0.05) is 6.92 Å². The van der Waals surface area contributed by atoms with Crippen LogP contribution in [0, 0.1) is 0 Å². The zero-order valence-electron chi connectivity index (χ0n) is 12.0. The van der Waals surface area contributed by atoms with E-state index in [0.717, 1.165) is 13.0 Å². The average Bonchev–Trinajstić information content (AvgIpc) is 2.33. The Hall–Kier alpha value is -0.820. The van der Waals surface area contributed by atoms with Crippen LogP contribution in [0.25, 0.3) is 0 Å². The molecule has 2 atom stereocenters. The van der Waals surface area contributed by atoms with Crippen molar-refractivity contribution in [2.24, 2.45) is 0 Å². The molecule has 4 nitrogen and oxygen atoms in total. The van der Waals surface area contributed by atoms with Gasteiger partial charge < -0.3 is 15.5 Å². The zero-order chi connectivity index (χ0) is 15.1. The molecule has 0 aromatic rings. The third-order valence-electron chi connectivity index (χ3n) is 3.11. The first kappa shape index (κ1) is 18.2. The standard InChI is InChI=1S/C12H24F3N3O/c1-5-9(2)18(4)7-6-16-10(3)11(19)17-8-12(13,14)15/h9-10,16H,5-8H2,1-4H3,(H,17,19). The van der Waals surface area contributed by atoms with Gasteiger partial charge in [-0.2, -0.15) is 13.2 Å². The van der Waals surface area contributed by atoms with E-state index in [2.05, 4.69) is 24.1 Å². The van der Waals surface area contributed by atoms with Gasteiger partial charge in [-0.05, 0) is 27.3 Å². The molecular weight excluding hydrogens is 259 g/mol. The van der Waals surface area contributed by atoms with Crippen LogP contribution in [-0.4, -0.2) is 55.7 Å². The first-order chi connectivity index (χ1) is 8.67. The molecule has 0 heterocycles. The summed E-state index contributed by atoms with van der Waals surface area (Å²) in [5.41, 5.74) is 0. The highest BCUT2D eigenvalue weighted by molar-refractivity contribution is 5.81. The number of nitrogens with one attached hydrogen (secondary N) is 2. The summed E-state index contributed by atoms with van der Waals surface area (Å²) in [4.78, 5) is 13.5. The molecule has 1 amide bonds. The summed E-state index contributed by atoms with van der Waals surface area (Å²) in [7, 11) is 1.98. The van der Waals surface area contributed by atoms with E-state index in [1.807, 2.05) is 12.4 Å². The number of rotatable bonds is 8. The Kier molecular flexibility index (Phi) is 8.01. The molecule has 0 aromatic carbocycles. The minimum absolute atomic E-state index is 0.441. The molecular formula is C12H24F3N3O. The van der Waals surface area contributed by atoms with Gasteiger partial charge in [0.1, 0.15) is 6.54 Å². The van der Waals surface area contributed by atoms with E-state index in [4.69, 9.17) is 0 Å². The van der Waals surface area contributed by atoms with Crippen molar-refractivity contribution in [2.75, 3.05) is 26.7 Å². The number of hydrogen-bond donors (Lipinski definition) is 2. The minimum atomic E-state index is -4.37. The van der Waals surface area contributed by atoms with Crippen molar-refractivity contribution in [3.8, 4) is 0 Å². The van der Waals surface area contributed by atoms with E-state index >= 15 is 0 Å². The van der Waals surface area contributed by atoms with Crippen LogP contribution in [0.1, 0.15) is 27.2 Å². The minimum Gasteiger partial charge on any atom is -0.346 e. The smallest absolute Gasteiger partial charge is 0.346 e. The van der Waals surface area contributed by atoms with Gasteiger partial charge in [0, 0.05) is 19.1 Å². The summed E-state index contributed by atoms with van der Waals surface area (Å²) in [6, 6.07) is -0.191. The average molecular weight is 283 g/mol. The lowest BCUT2D eigenvalue weighted by atomic mass is 10.2. The van der Waals surface area contributed by atoms with Crippen molar-refractivity contribution in [3.63, 3.8) is 0 Å². The molecule has 0 aliphatic carbocycles. The van der Waals surface area contributed by atoms with Crippen molar-refractivity contribution in [2.45, 2.75) is 45.5 Å². The number of halogens is 3. The Morgan fingerprint density at radius 2 is 1.89 bits per heavy atom. The van der Waals surface area contributed by atoms with Crippen molar-refractivity contribution >= 4 is 5.91 Å². The molecule has 0 aliphatic heterocycles. The second kappa shape index (κ2) is 8.37. The van der Waals surface area contributed by atoms with Crippen molar-refractivity contribution < 1.29 is 18.0 Å². The normalized spacial score (nSPS) is 15.4. The highest BCUT2D eigenvalue weighted by Crippen LogP contribution is 2.12. The summed E-state index contributed by atoms with van der Waals surface area (Å²) in [5.74, 6) is -0.636. The Morgan fingerprint density at radius 1 is 1.32 bits per heavy atom. The van der Waals surface area contributed by atoms with Crippen LogP contribution in [0.2, 0.25) is 0 Å². The van der Waals surface area contributed by atoms with E-state index in [1.54, 1.807) is 6.92 Å². The molecule has 0 bridgehead atoms. The van der Waals surface area contributed by atoms with Gasteiger partial charge in [0.2, 0.25) is 5.91 Å². The summed E-state index contributed by atoms with van der Waals surface area (Å²) in [6.45, 7) is 5.74. The number of amides is 1. The Balaban J connectivity index is 3.85. The van der Waals surface area contributed by atoms with Crippen LogP contribution < -0.4 is 10.6 Å². The Bertz CT molecular complexity index is 271. The topological polar surface area (TPSA) is 44.4 Å². The van der Waals surface area contributed by atoms with Crippen LogP contribution in [0.5, 0.6) is 0 Å². The highest BCUT2D eigenvalue weighted by atomic mass is 19.4. The van der Waals surface area contributed by atoms with Gasteiger partial charge in [-0.15, -0.1) is 0 Å². The fraction of sp³-hybridized carbons (Fsp3) is 0.917. The first-order valence-electron chi connectivity index (χ1n) is 6.45. The molecule has 7 heteroatoms. The van der Waals surface area contributed by atoms with E-state index < -0.39 is 24.7 Å². The fourth-order valence-electron chi connectivity index (χ4n) is 1.42. The molecule has 0 aromatic heterocycles. The molecule has 2 N–H and O–H groups in total. The van der Waals surface area contributed by atoms with E-state index in [-0.39, 0.29) is 0 Å².